The van der Waals surface area contributed by atoms with E-state index in [-0.39, 0.29) is 17.7 Å². The van der Waals surface area contributed by atoms with Crippen molar-refractivity contribution in [3.8, 4) is 5.75 Å². The quantitative estimate of drug-likeness (QED) is 0.633. The second-order valence-electron chi connectivity index (χ2n) is 7.30. The summed E-state index contributed by atoms with van der Waals surface area (Å²) in [5.41, 5.74) is 2.05. The maximum Gasteiger partial charge on any atom is 0.241 e. The van der Waals surface area contributed by atoms with Crippen molar-refractivity contribution in [1.82, 2.24) is 5.32 Å². The number of hydrogen-bond acceptors (Lipinski definition) is 5. The molecule has 8 nitrogen and oxygen atoms in total. The molecule has 29 heavy (non-hydrogen) atoms. The molecule has 8 heteroatoms. The van der Waals surface area contributed by atoms with Crippen molar-refractivity contribution in [2.24, 2.45) is 0 Å². The molecule has 2 aliphatic heterocycles. The number of para-hydroxylation sites is 1. The number of methoxy groups -OCH3 is 1. The molecular formula is C21H22N4O4. The summed E-state index contributed by atoms with van der Waals surface area (Å²) in [6.07, 6.45) is 0.369. The Kier molecular flexibility index (Phi) is 4.71. The van der Waals surface area contributed by atoms with Gasteiger partial charge in [-0.3, -0.25) is 14.4 Å². The number of ether oxygens (including phenoxy) is 1. The summed E-state index contributed by atoms with van der Waals surface area (Å²) in [7, 11) is 1.49. The smallest absolute Gasteiger partial charge is 0.241 e. The first-order chi connectivity index (χ1) is 13.9. The Hall–Kier alpha value is -3.39. The van der Waals surface area contributed by atoms with E-state index in [0.717, 1.165) is 11.3 Å². The lowest BCUT2D eigenvalue weighted by Gasteiger charge is -2.20. The van der Waals surface area contributed by atoms with E-state index in [0.29, 0.717) is 30.1 Å². The zero-order valence-electron chi connectivity index (χ0n) is 16.2. The van der Waals surface area contributed by atoms with Gasteiger partial charge in [-0.1, -0.05) is 18.2 Å². The SMILES string of the molecule is COc1cc(NC(C)=O)ccc1NC(=O)C1CC2(CN1)C(=O)Nc1ccccc12. The first kappa shape index (κ1) is 18.9. The second-order valence-corrected chi connectivity index (χ2v) is 7.30. The summed E-state index contributed by atoms with van der Waals surface area (Å²) in [4.78, 5) is 36.8. The molecule has 2 aliphatic rings. The summed E-state index contributed by atoms with van der Waals surface area (Å²) in [5, 5.41) is 11.6. The van der Waals surface area contributed by atoms with E-state index >= 15 is 0 Å². The summed E-state index contributed by atoms with van der Waals surface area (Å²) in [6, 6.07) is 12.1. The van der Waals surface area contributed by atoms with Gasteiger partial charge in [0.2, 0.25) is 17.7 Å². The topological polar surface area (TPSA) is 109 Å². The Bertz CT molecular complexity index is 1010. The second kappa shape index (κ2) is 7.21. The number of rotatable bonds is 4. The first-order valence-corrected chi connectivity index (χ1v) is 9.34. The summed E-state index contributed by atoms with van der Waals surface area (Å²) < 4.78 is 5.34. The highest BCUT2D eigenvalue weighted by Gasteiger charge is 2.52. The normalized spacial score (nSPS) is 22.1. The predicted octanol–water partition coefficient (Wildman–Crippen LogP) is 1.84. The van der Waals surface area contributed by atoms with E-state index in [4.69, 9.17) is 4.74 Å². The van der Waals surface area contributed by atoms with E-state index in [9.17, 15) is 14.4 Å². The van der Waals surface area contributed by atoms with Crippen LogP contribution in [-0.4, -0.2) is 37.4 Å². The number of benzene rings is 2. The molecule has 150 valence electrons. The third kappa shape index (κ3) is 3.31. The molecule has 2 aromatic carbocycles. The molecule has 2 aromatic rings. The zero-order valence-corrected chi connectivity index (χ0v) is 16.2. The maximum absolute atomic E-state index is 12.9. The van der Waals surface area contributed by atoms with E-state index in [1.165, 1.54) is 14.0 Å². The molecule has 1 fully saturated rings. The summed E-state index contributed by atoms with van der Waals surface area (Å²) in [6.45, 7) is 1.81. The van der Waals surface area contributed by atoms with Gasteiger partial charge >= 0.3 is 0 Å². The van der Waals surface area contributed by atoms with Crippen molar-refractivity contribution >= 4 is 34.8 Å². The van der Waals surface area contributed by atoms with Gasteiger partial charge in [-0.15, -0.1) is 0 Å². The molecule has 3 amide bonds. The Labute approximate surface area is 168 Å². The molecule has 0 radical (unpaired) electrons. The van der Waals surface area contributed by atoms with Crippen LogP contribution in [0, 0.1) is 0 Å². The fourth-order valence-electron chi connectivity index (χ4n) is 4.02. The van der Waals surface area contributed by atoms with Crippen molar-refractivity contribution < 1.29 is 19.1 Å². The third-order valence-corrected chi connectivity index (χ3v) is 5.42. The lowest BCUT2D eigenvalue weighted by molar-refractivity contribution is -0.120. The first-order valence-electron chi connectivity index (χ1n) is 9.34. The molecule has 2 unspecified atom stereocenters. The van der Waals surface area contributed by atoms with Gasteiger partial charge in [0.05, 0.1) is 24.3 Å². The van der Waals surface area contributed by atoms with Crippen molar-refractivity contribution in [2.45, 2.75) is 24.8 Å². The number of amides is 3. The minimum absolute atomic E-state index is 0.0845. The number of anilines is 3. The molecule has 4 rings (SSSR count). The van der Waals surface area contributed by atoms with Gasteiger partial charge in [0, 0.05) is 30.9 Å². The molecule has 2 heterocycles. The molecule has 0 aliphatic carbocycles. The van der Waals surface area contributed by atoms with Crippen molar-refractivity contribution in [1.29, 1.82) is 0 Å². The molecule has 4 N–H and O–H groups in total. The van der Waals surface area contributed by atoms with Gasteiger partial charge in [0.1, 0.15) is 5.75 Å². The fourth-order valence-corrected chi connectivity index (χ4v) is 4.02. The highest BCUT2D eigenvalue weighted by atomic mass is 16.5. The standard InChI is InChI=1S/C21H22N4O4/c1-12(26)23-13-7-8-16(18(9-13)29-2)24-19(27)17-10-21(11-22-17)14-5-3-4-6-15(14)25-20(21)28/h3-9,17,22H,10-11H2,1-2H3,(H,23,26)(H,24,27)(H,25,28). The average Bonchev–Trinajstić information content (AvgIpc) is 3.26. The van der Waals surface area contributed by atoms with E-state index < -0.39 is 11.5 Å². The Morgan fingerprint density at radius 1 is 1.17 bits per heavy atom. The van der Waals surface area contributed by atoms with Gasteiger partial charge in [-0.05, 0) is 30.2 Å². The van der Waals surface area contributed by atoms with Crippen molar-refractivity contribution in [2.75, 3.05) is 29.6 Å². The Morgan fingerprint density at radius 3 is 2.72 bits per heavy atom. The van der Waals surface area contributed by atoms with Crippen LogP contribution in [0.5, 0.6) is 5.75 Å². The van der Waals surface area contributed by atoms with Gasteiger partial charge in [-0.25, -0.2) is 0 Å². The van der Waals surface area contributed by atoms with Crippen molar-refractivity contribution in [3.63, 3.8) is 0 Å². The number of fused-ring (bicyclic) bond motifs is 2. The van der Waals surface area contributed by atoms with Crippen molar-refractivity contribution in [3.05, 3.63) is 48.0 Å². The summed E-state index contributed by atoms with van der Waals surface area (Å²) >= 11 is 0. The number of hydrogen-bond donors (Lipinski definition) is 4. The number of carbonyl (C=O) groups excluding carboxylic acids is 3. The average molecular weight is 394 g/mol. The van der Waals surface area contributed by atoms with Crippen LogP contribution in [-0.2, 0) is 19.8 Å². The summed E-state index contributed by atoms with van der Waals surface area (Å²) in [5.74, 6) is -0.0935. The molecular weight excluding hydrogens is 372 g/mol. The zero-order chi connectivity index (χ0) is 20.6. The van der Waals surface area contributed by atoms with E-state index in [2.05, 4.69) is 21.3 Å². The number of nitrogens with one attached hydrogen (secondary N) is 4. The highest BCUT2D eigenvalue weighted by molar-refractivity contribution is 6.08. The van der Waals surface area contributed by atoms with Crippen LogP contribution in [0.4, 0.5) is 17.1 Å². The third-order valence-electron chi connectivity index (χ3n) is 5.42. The van der Waals surface area contributed by atoms with E-state index in [1.807, 2.05) is 24.3 Å². The number of carbonyl (C=O) groups is 3. The Balaban J connectivity index is 1.51. The fraction of sp³-hybridized carbons (Fsp3) is 0.286. The predicted molar refractivity (Wildman–Crippen MR) is 109 cm³/mol. The van der Waals surface area contributed by atoms with Crippen LogP contribution in [0.25, 0.3) is 0 Å². The van der Waals surface area contributed by atoms with Crippen LogP contribution in [0.3, 0.4) is 0 Å². The molecule has 0 aromatic heterocycles. The Morgan fingerprint density at radius 2 is 1.97 bits per heavy atom. The molecule has 2 atom stereocenters. The maximum atomic E-state index is 12.9. The van der Waals surface area contributed by atoms with Crippen LogP contribution in [0.1, 0.15) is 18.9 Å². The van der Waals surface area contributed by atoms with Crippen LogP contribution in [0.15, 0.2) is 42.5 Å². The van der Waals surface area contributed by atoms with E-state index in [1.54, 1.807) is 18.2 Å². The molecule has 0 bridgehead atoms. The molecule has 1 spiro atoms. The van der Waals surface area contributed by atoms with Crippen LogP contribution < -0.4 is 26.0 Å². The minimum atomic E-state index is -0.738. The highest BCUT2D eigenvalue weighted by Crippen LogP contribution is 2.43. The van der Waals surface area contributed by atoms with Gasteiger partial charge < -0.3 is 26.0 Å². The van der Waals surface area contributed by atoms with Gasteiger partial charge in [0.25, 0.3) is 0 Å². The monoisotopic (exact) mass is 394 g/mol. The van der Waals surface area contributed by atoms with Crippen LogP contribution in [0.2, 0.25) is 0 Å². The van der Waals surface area contributed by atoms with Crippen LogP contribution >= 0.6 is 0 Å². The molecule has 1 saturated heterocycles. The lowest BCUT2D eigenvalue weighted by Crippen LogP contribution is -2.36. The largest absolute Gasteiger partial charge is 0.494 e. The molecule has 0 saturated carbocycles. The van der Waals surface area contributed by atoms with Gasteiger partial charge in [0.15, 0.2) is 0 Å². The minimum Gasteiger partial charge on any atom is -0.494 e. The lowest BCUT2D eigenvalue weighted by atomic mass is 9.79. The van der Waals surface area contributed by atoms with Gasteiger partial charge in [-0.2, -0.15) is 0 Å².